The van der Waals surface area contributed by atoms with Crippen molar-refractivity contribution < 1.29 is 0 Å². The standard InChI is InChI=1S/C12H16N2S2/c1-8(6-13)7-14-11-5-9(2)16-12-10(11)3-4-15-12/h3-4,8-9,11,14H,5,7H2,1-2H3/t8?,9-,11?/m0/s1. The van der Waals surface area contributed by atoms with Gasteiger partial charge in [0.15, 0.2) is 0 Å². The van der Waals surface area contributed by atoms with E-state index in [9.17, 15) is 0 Å². The Hall–Kier alpha value is -0.500. The minimum atomic E-state index is 0.0898. The smallest absolute Gasteiger partial charge is 0.0666 e. The Morgan fingerprint density at radius 2 is 2.50 bits per heavy atom. The fourth-order valence-electron chi connectivity index (χ4n) is 1.91. The van der Waals surface area contributed by atoms with E-state index < -0.39 is 0 Å². The SMILES string of the molecule is CC(C#N)CNC1C[C@H](C)Sc2sccc21. The Labute approximate surface area is 105 Å². The molecule has 0 spiro atoms. The highest BCUT2D eigenvalue weighted by Gasteiger charge is 2.25. The van der Waals surface area contributed by atoms with Crippen LogP contribution in [0.4, 0.5) is 0 Å². The molecule has 0 fully saturated rings. The van der Waals surface area contributed by atoms with Gasteiger partial charge in [-0.15, -0.1) is 23.1 Å². The van der Waals surface area contributed by atoms with Crippen LogP contribution in [-0.2, 0) is 0 Å². The monoisotopic (exact) mass is 252 g/mol. The summed E-state index contributed by atoms with van der Waals surface area (Å²) in [7, 11) is 0. The molecule has 2 nitrogen and oxygen atoms in total. The first kappa shape index (κ1) is 12.0. The summed E-state index contributed by atoms with van der Waals surface area (Å²) in [5.74, 6) is 0.0898. The molecule has 0 saturated carbocycles. The molecule has 86 valence electrons. The van der Waals surface area contributed by atoms with Gasteiger partial charge in [0, 0.05) is 17.8 Å². The Kier molecular flexibility index (Phi) is 3.91. The van der Waals surface area contributed by atoms with Crippen LogP contribution in [0.25, 0.3) is 0 Å². The largest absolute Gasteiger partial charge is 0.309 e. The van der Waals surface area contributed by atoms with E-state index in [4.69, 9.17) is 5.26 Å². The zero-order valence-electron chi connectivity index (χ0n) is 9.56. The van der Waals surface area contributed by atoms with Crippen LogP contribution in [0.15, 0.2) is 15.7 Å². The average Bonchev–Trinajstić information content (AvgIpc) is 2.73. The number of thioether (sulfide) groups is 1. The number of thiophene rings is 1. The topological polar surface area (TPSA) is 35.8 Å². The molecule has 0 radical (unpaired) electrons. The summed E-state index contributed by atoms with van der Waals surface area (Å²) in [6, 6.07) is 4.92. The minimum absolute atomic E-state index is 0.0898. The molecule has 0 bridgehead atoms. The predicted octanol–water partition coefficient (Wildman–Crippen LogP) is 3.42. The van der Waals surface area contributed by atoms with Gasteiger partial charge in [-0.3, -0.25) is 0 Å². The molecule has 0 aromatic carbocycles. The van der Waals surface area contributed by atoms with Gasteiger partial charge in [0.05, 0.1) is 16.2 Å². The lowest BCUT2D eigenvalue weighted by atomic mass is 10.0. The van der Waals surface area contributed by atoms with Crippen LogP contribution in [0.2, 0.25) is 0 Å². The summed E-state index contributed by atoms with van der Waals surface area (Å²) in [5, 5.41) is 15.1. The van der Waals surface area contributed by atoms with E-state index in [0.29, 0.717) is 11.3 Å². The quantitative estimate of drug-likeness (QED) is 0.895. The Morgan fingerprint density at radius 3 is 3.25 bits per heavy atom. The van der Waals surface area contributed by atoms with E-state index in [0.717, 1.165) is 13.0 Å². The van der Waals surface area contributed by atoms with Gasteiger partial charge in [0.25, 0.3) is 0 Å². The third-order valence-corrected chi connectivity index (χ3v) is 5.14. The number of nitrogens with zero attached hydrogens (tertiary/aromatic N) is 1. The highest BCUT2D eigenvalue weighted by molar-refractivity contribution is 8.01. The van der Waals surface area contributed by atoms with Crippen LogP contribution in [0.3, 0.4) is 0 Å². The van der Waals surface area contributed by atoms with Crippen molar-refractivity contribution in [2.75, 3.05) is 6.54 Å². The summed E-state index contributed by atoms with van der Waals surface area (Å²) >= 11 is 3.81. The van der Waals surface area contributed by atoms with Gasteiger partial charge >= 0.3 is 0 Å². The third-order valence-electron chi connectivity index (χ3n) is 2.80. The van der Waals surface area contributed by atoms with Crippen LogP contribution in [0.5, 0.6) is 0 Å². The fraction of sp³-hybridized carbons (Fsp3) is 0.583. The van der Waals surface area contributed by atoms with Gasteiger partial charge in [-0.1, -0.05) is 6.92 Å². The molecule has 1 aliphatic heterocycles. The zero-order chi connectivity index (χ0) is 11.5. The molecule has 4 heteroatoms. The van der Waals surface area contributed by atoms with Gasteiger partial charge in [-0.05, 0) is 30.4 Å². The number of hydrogen-bond acceptors (Lipinski definition) is 4. The minimum Gasteiger partial charge on any atom is -0.309 e. The van der Waals surface area contributed by atoms with Crippen LogP contribution in [0.1, 0.15) is 31.9 Å². The van der Waals surface area contributed by atoms with Crippen molar-refractivity contribution in [2.45, 2.75) is 35.8 Å². The Bertz CT molecular complexity index is 394. The molecule has 2 rings (SSSR count). The summed E-state index contributed by atoms with van der Waals surface area (Å²) in [6.07, 6.45) is 1.16. The van der Waals surface area contributed by atoms with Crippen molar-refractivity contribution in [1.29, 1.82) is 5.26 Å². The molecule has 1 N–H and O–H groups in total. The van der Waals surface area contributed by atoms with Crippen molar-refractivity contribution in [2.24, 2.45) is 5.92 Å². The number of hydrogen-bond donors (Lipinski definition) is 1. The maximum Gasteiger partial charge on any atom is 0.0666 e. The highest BCUT2D eigenvalue weighted by atomic mass is 32.2. The van der Waals surface area contributed by atoms with Crippen molar-refractivity contribution in [3.63, 3.8) is 0 Å². The van der Waals surface area contributed by atoms with Crippen LogP contribution in [0, 0.1) is 17.2 Å². The van der Waals surface area contributed by atoms with E-state index in [1.165, 1.54) is 9.77 Å². The van der Waals surface area contributed by atoms with E-state index in [1.54, 1.807) is 0 Å². The molecule has 1 aliphatic rings. The van der Waals surface area contributed by atoms with Gasteiger partial charge in [-0.25, -0.2) is 0 Å². The Morgan fingerprint density at radius 1 is 1.69 bits per heavy atom. The fourth-order valence-corrected chi connectivity index (χ4v) is 4.47. The second kappa shape index (κ2) is 5.22. The van der Waals surface area contributed by atoms with E-state index in [2.05, 4.69) is 29.8 Å². The van der Waals surface area contributed by atoms with Crippen molar-refractivity contribution in [3.05, 3.63) is 17.0 Å². The van der Waals surface area contributed by atoms with E-state index in [1.807, 2.05) is 30.0 Å². The van der Waals surface area contributed by atoms with Crippen LogP contribution >= 0.6 is 23.1 Å². The molecule has 2 unspecified atom stereocenters. The highest BCUT2D eigenvalue weighted by Crippen LogP contribution is 2.43. The summed E-state index contributed by atoms with van der Waals surface area (Å²) in [4.78, 5) is 0. The van der Waals surface area contributed by atoms with Crippen molar-refractivity contribution in [3.8, 4) is 6.07 Å². The van der Waals surface area contributed by atoms with E-state index >= 15 is 0 Å². The molecule has 16 heavy (non-hydrogen) atoms. The second-order valence-electron chi connectivity index (χ2n) is 4.32. The molecular formula is C12H16N2S2. The zero-order valence-corrected chi connectivity index (χ0v) is 11.2. The summed E-state index contributed by atoms with van der Waals surface area (Å²) in [5.41, 5.74) is 1.43. The maximum absolute atomic E-state index is 8.78. The van der Waals surface area contributed by atoms with Gasteiger partial charge in [0.1, 0.15) is 0 Å². The molecule has 0 saturated heterocycles. The average molecular weight is 252 g/mol. The van der Waals surface area contributed by atoms with E-state index in [-0.39, 0.29) is 5.92 Å². The van der Waals surface area contributed by atoms with Gasteiger partial charge in [0.2, 0.25) is 0 Å². The maximum atomic E-state index is 8.78. The normalized spacial score (nSPS) is 25.8. The van der Waals surface area contributed by atoms with Crippen molar-refractivity contribution in [1.82, 2.24) is 5.32 Å². The molecule has 0 amide bonds. The van der Waals surface area contributed by atoms with Crippen LogP contribution < -0.4 is 5.32 Å². The lowest BCUT2D eigenvalue weighted by molar-refractivity contribution is 0.464. The van der Waals surface area contributed by atoms with Crippen LogP contribution in [-0.4, -0.2) is 11.8 Å². The molecule has 2 heterocycles. The van der Waals surface area contributed by atoms with Gasteiger partial charge < -0.3 is 5.32 Å². The van der Waals surface area contributed by atoms with Gasteiger partial charge in [-0.2, -0.15) is 5.26 Å². The predicted molar refractivity (Wildman–Crippen MR) is 69.8 cm³/mol. The second-order valence-corrected chi connectivity index (χ2v) is 6.94. The summed E-state index contributed by atoms with van der Waals surface area (Å²) < 4.78 is 1.45. The first-order valence-corrected chi connectivity index (χ1v) is 7.33. The first-order chi connectivity index (χ1) is 7.70. The Balaban J connectivity index is 2.04. The number of nitriles is 1. The molecule has 3 atom stereocenters. The molecule has 0 aliphatic carbocycles. The molecular weight excluding hydrogens is 236 g/mol. The molecule has 1 aromatic rings. The lowest BCUT2D eigenvalue weighted by Gasteiger charge is -2.28. The molecule has 1 aromatic heterocycles. The van der Waals surface area contributed by atoms with Crippen molar-refractivity contribution >= 4 is 23.1 Å². The lowest BCUT2D eigenvalue weighted by Crippen LogP contribution is -2.29. The number of nitrogens with one attached hydrogen (secondary N) is 1. The first-order valence-electron chi connectivity index (χ1n) is 5.57. The summed E-state index contributed by atoms with van der Waals surface area (Å²) in [6.45, 7) is 5.02. The third kappa shape index (κ3) is 2.60. The number of fused-ring (bicyclic) bond motifs is 1. The number of rotatable bonds is 3.